The largest absolute Gasteiger partial charge is 0.493 e. The molecule has 0 aliphatic rings. The van der Waals surface area contributed by atoms with E-state index in [-0.39, 0.29) is 5.91 Å². The van der Waals surface area contributed by atoms with Gasteiger partial charge in [-0.3, -0.25) is 4.79 Å². The SMILES string of the molecule is COc1cc(/C=N\NC(=O)c2ccccc2I)ccc1OC(=O)c1ccc(C)cc1. The fraction of sp³-hybridized carbons (Fsp3) is 0.0870. The topological polar surface area (TPSA) is 77.0 Å². The van der Waals surface area contributed by atoms with Gasteiger partial charge in [0.1, 0.15) is 0 Å². The lowest BCUT2D eigenvalue weighted by Crippen LogP contribution is -2.18. The summed E-state index contributed by atoms with van der Waals surface area (Å²) >= 11 is 2.10. The van der Waals surface area contributed by atoms with Gasteiger partial charge in [-0.25, -0.2) is 10.2 Å². The smallest absolute Gasteiger partial charge is 0.343 e. The third-order valence-electron chi connectivity index (χ3n) is 4.18. The average molecular weight is 514 g/mol. The van der Waals surface area contributed by atoms with E-state index in [0.717, 1.165) is 9.13 Å². The molecule has 152 valence electrons. The predicted octanol–water partition coefficient (Wildman–Crippen LogP) is 4.59. The number of nitrogens with zero attached hydrogens (tertiary/aromatic N) is 1. The van der Waals surface area contributed by atoms with Crippen molar-refractivity contribution in [3.8, 4) is 11.5 Å². The Balaban J connectivity index is 1.68. The molecule has 1 N–H and O–H groups in total. The van der Waals surface area contributed by atoms with Crippen LogP contribution < -0.4 is 14.9 Å². The van der Waals surface area contributed by atoms with E-state index in [9.17, 15) is 9.59 Å². The summed E-state index contributed by atoms with van der Waals surface area (Å²) in [5.41, 5.74) is 5.22. The molecule has 0 heterocycles. The van der Waals surface area contributed by atoms with Gasteiger partial charge >= 0.3 is 5.97 Å². The minimum absolute atomic E-state index is 0.295. The predicted molar refractivity (Wildman–Crippen MR) is 123 cm³/mol. The summed E-state index contributed by atoms with van der Waals surface area (Å²) in [4.78, 5) is 24.5. The van der Waals surface area contributed by atoms with Crippen molar-refractivity contribution in [1.82, 2.24) is 5.43 Å². The fourth-order valence-corrected chi connectivity index (χ4v) is 3.20. The molecule has 0 bridgehead atoms. The van der Waals surface area contributed by atoms with Gasteiger partial charge in [-0.1, -0.05) is 29.8 Å². The molecule has 0 aliphatic carbocycles. The van der Waals surface area contributed by atoms with E-state index in [4.69, 9.17) is 9.47 Å². The molecule has 0 radical (unpaired) electrons. The number of rotatable bonds is 6. The summed E-state index contributed by atoms with van der Waals surface area (Å²) < 4.78 is 11.6. The maximum Gasteiger partial charge on any atom is 0.343 e. The first-order valence-corrected chi connectivity index (χ1v) is 10.1. The summed E-state index contributed by atoms with van der Waals surface area (Å²) in [6.07, 6.45) is 1.49. The molecule has 0 aromatic heterocycles. The molecular formula is C23H19IN2O4. The van der Waals surface area contributed by atoms with E-state index in [1.807, 2.05) is 31.2 Å². The van der Waals surface area contributed by atoms with Crippen LogP contribution in [0, 0.1) is 10.5 Å². The zero-order chi connectivity index (χ0) is 21.5. The molecule has 0 aliphatic heterocycles. The second-order valence-corrected chi connectivity index (χ2v) is 7.51. The van der Waals surface area contributed by atoms with Gasteiger partial charge in [0.2, 0.25) is 0 Å². The number of hydrazone groups is 1. The standard InChI is InChI=1S/C23H19IN2O4/c1-15-7-10-17(11-8-15)23(28)30-20-12-9-16(13-21(20)29-2)14-25-26-22(27)18-5-3-4-6-19(18)24/h3-14H,1-2H3,(H,26,27)/b25-14-. The number of nitrogens with one attached hydrogen (secondary N) is 1. The van der Waals surface area contributed by atoms with Crippen molar-refractivity contribution in [2.75, 3.05) is 7.11 Å². The second kappa shape index (κ2) is 10.0. The first kappa shape index (κ1) is 21.5. The van der Waals surface area contributed by atoms with Crippen molar-refractivity contribution < 1.29 is 19.1 Å². The van der Waals surface area contributed by atoms with Crippen LogP contribution in [0.1, 0.15) is 31.8 Å². The minimum atomic E-state index is -0.473. The van der Waals surface area contributed by atoms with E-state index < -0.39 is 5.97 Å². The highest BCUT2D eigenvalue weighted by Crippen LogP contribution is 2.28. The van der Waals surface area contributed by atoms with Crippen molar-refractivity contribution in [2.24, 2.45) is 5.10 Å². The number of hydrogen-bond donors (Lipinski definition) is 1. The Bertz CT molecular complexity index is 1090. The maximum atomic E-state index is 12.3. The summed E-state index contributed by atoms with van der Waals surface area (Å²) in [7, 11) is 1.48. The van der Waals surface area contributed by atoms with Gasteiger partial charge in [-0.2, -0.15) is 5.10 Å². The second-order valence-electron chi connectivity index (χ2n) is 6.34. The Hall–Kier alpha value is -3.20. The number of methoxy groups -OCH3 is 1. The molecule has 0 fully saturated rings. The maximum absolute atomic E-state index is 12.3. The average Bonchev–Trinajstić information content (AvgIpc) is 2.75. The number of hydrogen-bond acceptors (Lipinski definition) is 5. The van der Waals surface area contributed by atoms with Crippen molar-refractivity contribution >= 4 is 40.7 Å². The van der Waals surface area contributed by atoms with Crippen LogP contribution in [0.15, 0.2) is 71.8 Å². The van der Waals surface area contributed by atoms with Gasteiger partial charge < -0.3 is 9.47 Å². The normalized spacial score (nSPS) is 10.6. The summed E-state index contributed by atoms with van der Waals surface area (Å²) in [5.74, 6) is -0.0993. The van der Waals surface area contributed by atoms with Crippen molar-refractivity contribution in [3.63, 3.8) is 0 Å². The summed E-state index contributed by atoms with van der Waals surface area (Å²) in [6.45, 7) is 1.95. The molecule has 0 saturated carbocycles. The highest BCUT2D eigenvalue weighted by Gasteiger charge is 2.13. The molecular weight excluding hydrogens is 495 g/mol. The lowest BCUT2D eigenvalue weighted by atomic mass is 10.1. The van der Waals surface area contributed by atoms with Crippen LogP contribution >= 0.6 is 22.6 Å². The monoisotopic (exact) mass is 514 g/mol. The minimum Gasteiger partial charge on any atom is -0.493 e. The lowest BCUT2D eigenvalue weighted by molar-refractivity contribution is 0.0729. The molecule has 7 heteroatoms. The van der Waals surface area contributed by atoms with E-state index >= 15 is 0 Å². The first-order chi connectivity index (χ1) is 14.5. The van der Waals surface area contributed by atoms with Gasteiger partial charge in [-0.05, 0) is 77.5 Å². The Morgan fingerprint density at radius 2 is 1.73 bits per heavy atom. The van der Waals surface area contributed by atoms with Crippen LogP contribution in [-0.4, -0.2) is 25.2 Å². The Kier molecular flexibility index (Phi) is 7.18. The number of esters is 1. The lowest BCUT2D eigenvalue weighted by Gasteiger charge is -2.10. The van der Waals surface area contributed by atoms with Crippen LogP contribution in [0.25, 0.3) is 0 Å². The quantitative estimate of drug-likeness (QED) is 0.172. The molecule has 0 spiro atoms. The first-order valence-electron chi connectivity index (χ1n) is 9.03. The van der Waals surface area contributed by atoms with Gasteiger partial charge in [0, 0.05) is 3.57 Å². The molecule has 30 heavy (non-hydrogen) atoms. The van der Waals surface area contributed by atoms with E-state index in [0.29, 0.717) is 28.2 Å². The molecule has 0 saturated heterocycles. The molecule has 1 amide bonds. The molecule has 3 aromatic carbocycles. The van der Waals surface area contributed by atoms with Gasteiger partial charge in [0.25, 0.3) is 5.91 Å². The Labute approximate surface area is 188 Å². The number of carbonyl (C=O) groups excluding carboxylic acids is 2. The molecule has 6 nitrogen and oxygen atoms in total. The zero-order valence-electron chi connectivity index (χ0n) is 16.4. The number of carbonyl (C=O) groups is 2. The zero-order valence-corrected chi connectivity index (χ0v) is 18.5. The highest BCUT2D eigenvalue weighted by atomic mass is 127. The van der Waals surface area contributed by atoms with Crippen LogP contribution in [-0.2, 0) is 0 Å². The van der Waals surface area contributed by atoms with E-state index in [2.05, 4.69) is 33.1 Å². The highest BCUT2D eigenvalue weighted by molar-refractivity contribution is 14.1. The van der Waals surface area contributed by atoms with Crippen molar-refractivity contribution in [1.29, 1.82) is 0 Å². The molecule has 3 aromatic rings. The Morgan fingerprint density at radius 1 is 1.00 bits per heavy atom. The van der Waals surface area contributed by atoms with E-state index in [1.165, 1.54) is 13.3 Å². The number of halogens is 1. The number of benzene rings is 3. The van der Waals surface area contributed by atoms with E-state index in [1.54, 1.807) is 42.5 Å². The third kappa shape index (κ3) is 5.44. The van der Waals surface area contributed by atoms with Crippen molar-refractivity contribution in [3.05, 3.63) is 92.6 Å². The van der Waals surface area contributed by atoms with Crippen molar-refractivity contribution in [2.45, 2.75) is 6.92 Å². The fourth-order valence-electron chi connectivity index (χ4n) is 2.57. The molecule has 0 atom stereocenters. The summed E-state index contributed by atoms with van der Waals surface area (Å²) in [6, 6.07) is 19.3. The number of aryl methyl sites for hydroxylation is 1. The van der Waals surface area contributed by atoms with Crippen LogP contribution in [0.5, 0.6) is 11.5 Å². The third-order valence-corrected chi connectivity index (χ3v) is 5.12. The molecule has 3 rings (SSSR count). The molecule has 0 unspecified atom stereocenters. The van der Waals surface area contributed by atoms with Gasteiger partial charge in [0.15, 0.2) is 11.5 Å². The van der Waals surface area contributed by atoms with Gasteiger partial charge in [0.05, 0.1) is 24.5 Å². The van der Waals surface area contributed by atoms with Crippen LogP contribution in [0.2, 0.25) is 0 Å². The van der Waals surface area contributed by atoms with Gasteiger partial charge in [-0.15, -0.1) is 0 Å². The number of amides is 1. The Morgan fingerprint density at radius 3 is 2.43 bits per heavy atom. The van der Waals surface area contributed by atoms with Crippen LogP contribution in [0.3, 0.4) is 0 Å². The summed E-state index contributed by atoms with van der Waals surface area (Å²) in [5, 5.41) is 3.99. The van der Waals surface area contributed by atoms with Crippen LogP contribution in [0.4, 0.5) is 0 Å². The number of ether oxygens (including phenoxy) is 2.